The molecule has 0 aliphatic carbocycles. The van der Waals surface area contributed by atoms with Crippen LogP contribution in [0.3, 0.4) is 0 Å². The molecular formula is C18H17F3O4S. The second-order valence-corrected chi connectivity index (χ2v) is 6.54. The van der Waals surface area contributed by atoms with Crippen molar-refractivity contribution in [1.82, 2.24) is 0 Å². The highest BCUT2D eigenvalue weighted by Crippen LogP contribution is 2.38. The number of benzene rings is 2. The highest BCUT2D eigenvalue weighted by Gasteiger charge is 2.30. The number of carbonyl (C=O) groups is 1. The van der Waals surface area contributed by atoms with E-state index in [1.165, 1.54) is 12.1 Å². The minimum atomic E-state index is -4.39. The van der Waals surface area contributed by atoms with Crippen molar-refractivity contribution < 1.29 is 32.9 Å². The Hall–Kier alpha value is -2.19. The van der Waals surface area contributed by atoms with E-state index >= 15 is 0 Å². The Morgan fingerprint density at radius 1 is 1.12 bits per heavy atom. The Bertz CT molecular complexity index is 762. The largest absolute Gasteiger partial charge is 0.488 e. The van der Waals surface area contributed by atoms with Gasteiger partial charge < -0.3 is 14.9 Å². The summed E-state index contributed by atoms with van der Waals surface area (Å²) in [5, 5.41) is 18.2. The van der Waals surface area contributed by atoms with Crippen LogP contribution in [-0.2, 0) is 24.4 Å². The first-order valence-corrected chi connectivity index (χ1v) is 8.51. The van der Waals surface area contributed by atoms with Crippen molar-refractivity contribution in [2.45, 2.75) is 36.5 Å². The molecule has 0 atom stereocenters. The molecule has 26 heavy (non-hydrogen) atoms. The van der Waals surface area contributed by atoms with Crippen LogP contribution >= 0.6 is 11.8 Å². The maximum atomic E-state index is 12.6. The summed E-state index contributed by atoms with van der Waals surface area (Å²) in [4.78, 5) is 10.7. The molecule has 0 fully saturated rings. The first kappa shape index (κ1) is 20.1. The van der Waals surface area contributed by atoms with E-state index in [1.807, 2.05) is 0 Å². The van der Waals surface area contributed by atoms with Crippen LogP contribution in [0.5, 0.6) is 5.75 Å². The fraction of sp³-hybridized carbons (Fsp3) is 0.278. The van der Waals surface area contributed by atoms with Crippen LogP contribution in [0.15, 0.2) is 47.4 Å². The second kappa shape index (κ2) is 8.95. The van der Waals surface area contributed by atoms with Crippen LogP contribution in [0.2, 0.25) is 0 Å². The third kappa shape index (κ3) is 6.27. The summed E-state index contributed by atoms with van der Waals surface area (Å²) in [5.41, 5.74) is -2.82. The van der Waals surface area contributed by atoms with Gasteiger partial charge in [-0.1, -0.05) is 24.3 Å². The number of hydrogen-bond donors (Lipinski definition) is 2. The molecule has 140 valence electrons. The van der Waals surface area contributed by atoms with Crippen LogP contribution in [0.4, 0.5) is 13.2 Å². The summed E-state index contributed by atoms with van der Waals surface area (Å²) in [5.74, 6) is -0.576. The SMILES string of the molecule is O=C(O)CCc1ccc(OCc2ccccc2SC(F)(F)F)c(CO)c1. The lowest BCUT2D eigenvalue weighted by atomic mass is 10.1. The summed E-state index contributed by atoms with van der Waals surface area (Å²) >= 11 is -0.201. The van der Waals surface area contributed by atoms with Gasteiger partial charge in [0.15, 0.2) is 0 Å². The van der Waals surface area contributed by atoms with E-state index < -0.39 is 11.5 Å². The van der Waals surface area contributed by atoms with E-state index in [0.717, 1.165) is 5.56 Å². The van der Waals surface area contributed by atoms with Gasteiger partial charge in [0.05, 0.1) is 6.61 Å². The molecule has 4 nitrogen and oxygen atoms in total. The van der Waals surface area contributed by atoms with E-state index in [0.29, 0.717) is 23.3 Å². The molecule has 2 rings (SSSR count). The average molecular weight is 386 g/mol. The zero-order chi connectivity index (χ0) is 19.2. The van der Waals surface area contributed by atoms with Crippen molar-refractivity contribution in [2.24, 2.45) is 0 Å². The number of halogens is 3. The monoisotopic (exact) mass is 386 g/mol. The molecule has 0 amide bonds. The van der Waals surface area contributed by atoms with Crippen molar-refractivity contribution in [3.05, 3.63) is 59.2 Å². The third-order valence-electron chi connectivity index (χ3n) is 3.50. The summed E-state index contributed by atoms with van der Waals surface area (Å²) in [7, 11) is 0. The number of rotatable bonds is 8. The number of aliphatic hydroxyl groups excluding tert-OH is 1. The first-order valence-electron chi connectivity index (χ1n) is 7.69. The summed E-state index contributed by atoms with van der Waals surface area (Å²) in [6, 6.07) is 11.0. The number of alkyl halides is 3. The van der Waals surface area contributed by atoms with E-state index in [4.69, 9.17) is 9.84 Å². The molecular weight excluding hydrogens is 369 g/mol. The zero-order valence-corrected chi connectivity index (χ0v) is 14.4. The third-order valence-corrected chi connectivity index (χ3v) is 4.35. The van der Waals surface area contributed by atoms with Crippen molar-refractivity contribution in [2.75, 3.05) is 0 Å². The Morgan fingerprint density at radius 2 is 1.85 bits per heavy atom. The quantitative estimate of drug-likeness (QED) is 0.659. The van der Waals surface area contributed by atoms with Gasteiger partial charge in [-0.05, 0) is 41.9 Å². The van der Waals surface area contributed by atoms with Gasteiger partial charge in [0.1, 0.15) is 12.4 Å². The second-order valence-electron chi connectivity index (χ2n) is 5.44. The lowest BCUT2D eigenvalue weighted by Crippen LogP contribution is -2.04. The molecule has 2 aromatic rings. The Morgan fingerprint density at radius 3 is 2.50 bits per heavy atom. The van der Waals surface area contributed by atoms with Crippen molar-refractivity contribution >= 4 is 17.7 Å². The van der Waals surface area contributed by atoms with Crippen molar-refractivity contribution in [3.8, 4) is 5.75 Å². The number of ether oxygens (including phenoxy) is 1. The Kier molecular flexibility index (Phi) is 6.93. The topological polar surface area (TPSA) is 66.8 Å². The molecule has 2 aromatic carbocycles. The molecule has 0 radical (unpaired) electrons. The fourth-order valence-corrected chi connectivity index (χ4v) is 2.96. The van der Waals surface area contributed by atoms with Crippen LogP contribution in [0, 0.1) is 0 Å². The number of carboxylic acid groups (broad SMARTS) is 1. The fourth-order valence-electron chi connectivity index (χ4n) is 2.31. The smallest absolute Gasteiger partial charge is 0.446 e. The van der Waals surface area contributed by atoms with Crippen LogP contribution in [0.25, 0.3) is 0 Å². The average Bonchev–Trinajstić information content (AvgIpc) is 2.58. The van der Waals surface area contributed by atoms with E-state index in [9.17, 15) is 23.1 Å². The van der Waals surface area contributed by atoms with Gasteiger partial charge in [-0.3, -0.25) is 4.79 Å². The Balaban J connectivity index is 2.11. The molecule has 8 heteroatoms. The van der Waals surface area contributed by atoms with Crippen LogP contribution in [-0.4, -0.2) is 21.7 Å². The first-order chi connectivity index (χ1) is 12.3. The summed E-state index contributed by atoms with van der Waals surface area (Å²) < 4.78 is 43.5. The standard InChI is InChI=1S/C18H17F3O4S/c19-18(20,21)26-16-4-2-1-3-13(16)11-25-15-7-5-12(6-8-17(23)24)9-14(15)10-22/h1-5,7,9,22H,6,8,10-11H2,(H,23,24). The minimum absolute atomic E-state index is 0.0346. The van der Waals surface area contributed by atoms with Gasteiger partial charge in [-0.2, -0.15) is 13.2 Å². The molecule has 0 aliphatic heterocycles. The minimum Gasteiger partial charge on any atom is -0.488 e. The lowest BCUT2D eigenvalue weighted by molar-refractivity contribution is -0.136. The molecule has 0 aromatic heterocycles. The van der Waals surface area contributed by atoms with E-state index in [1.54, 1.807) is 30.3 Å². The van der Waals surface area contributed by atoms with Gasteiger partial charge in [0, 0.05) is 22.4 Å². The van der Waals surface area contributed by atoms with Crippen LogP contribution < -0.4 is 4.74 Å². The van der Waals surface area contributed by atoms with Crippen molar-refractivity contribution in [1.29, 1.82) is 0 Å². The number of aliphatic hydroxyl groups is 1. The number of hydrogen-bond acceptors (Lipinski definition) is 4. The van der Waals surface area contributed by atoms with Gasteiger partial charge in [0.25, 0.3) is 0 Å². The predicted molar refractivity (Wildman–Crippen MR) is 91.0 cm³/mol. The number of carboxylic acids is 1. The van der Waals surface area contributed by atoms with Gasteiger partial charge in [-0.25, -0.2) is 0 Å². The predicted octanol–water partition coefficient (Wildman–Crippen LogP) is 4.39. The zero-order valence-electron chi connectivity index (χ0n) is 13.6. The molecule has 0 aliphatic rings. The Labute approximate surface area is 152 Å². The maximum absolute atomic E-state index is 12.6. The number of aliphatic carboxylic acids is 1. The van der Waals surface area contributed by atoms with Gasteiger partial charge in [-0.15, -0.1) is 0 Å². The highest BCUT2D eigenvalue weighted by atomic mass is 32.2. The van der Waals surface area contributed by atoms with E-state index in [-0.39, 0.29) is 36.3 Å². The molecule has 0 spiro atoms. The van der Waals surface area contributed by atoms with Gasteiger partial charge in [0.2, 0.25) is 0 Å². The molecule has 0 heterocycles. The molecule has 0 bridgehead atoms. The molecule has 2 N–H and O–H groups in total. The maximum Gasteiger partial charge on any atom is 0.446 e. The summed E-state index contributed by atoms with van der Waals surface area (Å²) in [6.45, 7) is -0.407. The molecule has 0 unspecified atom stereocenters. The number of aryl methyl sites for hydroxylation is 1. The number of thioether (sulfide) groups is 1. The summed E-state index contributed by atoms with van der Waals surface area (Å²) in [6.07, 6.45) is 0.279. The lowest BCUT2D eigenvalue weighted by Gasteiger charge is -2.14. The van der Waals surface area contributed by atoms with E-state index in [2.05, 4.69) is 0 Å². The molecule has 0 saturated heterocycles. The normalized spacial score (nSPS) is 11.4. The highest BCUT2D eigenvalue weighted by molar-refractivity contribution is 8.00. The molecule has 0 saturated carbocycles. The van der Waals surface area contributed by atoms with Crippen molar-refractivity contribution in [3.63, 3.8) is 0 Å². The van der Waals surface area contributed by atoms with Crippen LogP contribution in [0.1, 0.15) is 23.1 Å². The van der Waals surface area contributed by atoms with Gasteiger partial charge >= 0.3 is 11.5 Å².